The largest absolute Gasteiger partial charge is 0.472 e. The van der Waals surface area contributed by atoms with Crippen molar-refractivity contribution in [2.45, 2.75) is 98.0 Å². The van der Waals surface area contributed by atoms with E-state index >= 15 is 0 Å². The van der Waals surface area contributed by atoms with Crippen molar-refractivity contribution in [3.05, 3.63) is 12.2 Å². The van der Waals surface area contributed by atoms with Crippen LogP contribution in [0.4, 0.5) is 0 Å². The molecular formula is C19H48O7Si6. The molecule has 32 heavy (non-hydrogen) atoms. The van der Waals surface area contributed by atoms with Gasteiger partial charge in [-0.05, 0) is 91.9 Å². The second-order valence-corrected chi connectivity index (χ2v) is 35.8. The molecule has 13 heteroatoms. The van der Waals surface area contributed by atoms with Gasteiger partial charge in [-0.25, -0.2) is 4.79 Å². The lowest BCUT2D eigenvalue weighted by Crippen LogP contribution is -2.61. The molecule has 0 spiro atoms. The summed E-state index contributed by atoms with van der Waals surface area (Å²) in [4.78, 5) is 11.8. The van der Waals surface area contributed by atoms with E-state index in [9.17, 15) is 4.79 Å². The van der Waals surface area contributed by atoms with Gasteiger partial charge in [-0.15, -0.1) is 0 Å². The van der Waals surface area contributed by atoms with E-state index in [-0.39, 0.29) is 12.6 Å². The molecule has 0 bridgehead atoms. The standard InChI is InChI=1S/C19H48O7Si6/c1-18(2)19(20)21-16-15-17-32(25-30(9,10)11,26-31(12,13)14)24-27(22-28(3,4)5)23-29(6,7)8/h27H,1,15-17H2,2-14H3. The Morgan fingerprint density at radius 1 is 0.719 bits per heavy atom. The molecule has 0 unspecified atom stereocenters. The van der Waals surface area contributed by atoms with E-state index in [1.165, 1.54) is 0 Å². The summed E-state index contributed by atoms with van der Waals surface area (Å²) in [7, 11) is -13.6. The highest BCUT2D eigenvalue weighted by Crippen LogP contribution is 2.29. The molecule has 0 aliphatic carbocycles. The molecule has 0 aromatic carbocycles. The van der Waals surface area contributed by atoms with Crippen LogP contribution in [0.25, 0.3) is 0 Å². The maximum absolute atomic E-state index is 11.8. The fourth-order valence-electron chi connectivity index (χ4n) is 2.54. The summed E-state index contributed by atoms with van der Waals surface area (Å²) in [5.74, 6) is -0.383. The van der Waals surface area contributed by atoms with Gasteiger partial charge in [-0.1, -0.05) is 6.58 Å². The van der Waals surface area contributed by atoms with Crippen molar-refractivity contribution in [3.8, 4) is 0 Å². The lowest BCUT2D eigenvalue weighted by molar-refractivity contribution is -0.139. The fraction of sp³-hybridized carbons (Fsp3) is 0.842. The molecule has 0 aromatic heterocycles. The average Bonchev–Trinajstić information content (AvgIpc) is 2.43. The Bertz CT molecular complexity index is 586. The summed E-state index contributed by atoms with van der Waals surface area (Å²) in [6, 6.07) is 0.554. The van der Waals surface area contributed by atoms with E-state index in [0.717, 1.165) is 0 Å². The summed E-state index contributed by atoms with van der Waals surface area (Å²) in [5, 5.41) is 0. The Labute approximate surface area is 204 Å². The van der Waals surface area contributed by atoms with Crippen LogP contribution in [0.2, 0.25) is 84.6 Å². The first kappa shape index (κ1) is 32.3. The maximum atomic E-state index is 11.8. The van der Waals surface area contributed by atoms with E-state index in [0.29, 0.717) is 18.0 Å². The number of carbonyl (C=O) groups is 1. The molecule has 0 radical (unpaired) electrons. The van der Waals surface area contributed by atoms with Crippen LogP contribution >= 0.6 is 0 Å². The lowest BCUT2D eigenvalue weighted by Gasteiger charge is -2.42. The van der Waals surface area contributed by atoms with Crippen molar-refractivity contribution in [2.24, 2.45) is 0 Å². The van der Waals surface area contributed by atoms with Crippen LogP contribution in [0.5, 0.6) is 0 Å². The molecule has 190 valence electrons. The van der Waals surface area contributed by atoms with Crippen LogP contribution in [0.3, 0.4) is 0 Å². The molecule has 0 atom stereocenters. The summed E-state index contributed by atoms with van der Waals surface area (Å²) >= 11 is 0. The van der Waals surface area contributed by atoms with Gasteiger partial charge in [0.25, 0.3) is 0 Å². The molecule has 0 aliphatic heterocycles. The van der Waals surface area contributed by atoms with E-state index in [1.54, 1.807) is 6.92 Å². The highest BCUT2D eigenvalue weighted by molar-refractivity contribution is 6.89. The summed E-state index contributed by atoms with van der Waals surface area (Å²) in [6.07, 6.45) is 0.585. The zero-order valence-electron chi connectivity index (χ0n) is 22.8. The molecule has 0 heterocycles. The summed E-state index contributed by atoms with van der Waals surface area (Å²) in [5.41, 5.74) is 0.390. The fourth-order valence-corrected chi connectivity index (χ4v) is 21.3. The molecule has 0 rings (SSSR count). The van der Waals surface area contributed by atoms with Gasteiger partial charge in [-0.2, -0.15) is 0 Å². The molecular weight excluding hydrogens is 509 g/mol. The summed E-state index contributed by atoms with van der Waals surface area (Å²) in [6.45, 7) is 31.2. The van der Waals surface area contributed by atoms with Crippen molar-refractivity contribution >= 4 is 57.6 Å². The highest BCUT2D eigenvalue weighted by atomic mass is 28.5. The molecule has 0 saturated heterocycles. The van der Waals surface area contributed by atoms with Crippen LogP contribution in [-0.2, 0) is 30.1 Å². The van der Waals surface area contributed by atoms with Gasteiger partial charge in [-0.3, -0.25) is 0 Å². The highest BCUT2D eigenvalue weighted by Gasteiger charge is 2.50. The Kier molecular flexibility index (Phi) is 12.4. The van der Waals surface area contributed by atoms with Crippen LogP contribution in [0.1, 0.15) is 13.3 Å². The van der Waals surface area contributed by atoms with Gasteiger partial charge in [0.15, 0.2) is 33.3 Å². The molecule has 0 amide bonds. The van der Waals surface area contributed by atoms with Crippen LogP contribution < -0.4 is 0 Å². The first-order valence-electron chi connectivity index (χ1n) is 11.3. The Balaban J connectivity index is 5.96. The lowest BCUT2D eigenvalue weighted by atomic mass is 10.4. The Morgan fingerprint density at radius 2 is 1.12 bits per heavy atom. The monoisotopic (exact) mass is 556 g/mol. The van der Waals surface area contributed by atoms with Crippen molar-refractivity contribution in [2.75, 3.05) is 6.61 Å². The minimum Gasteiger partial charge on any atom is -0.462 e. The van der Waals surface area contributed by atoms with Gasteiger partial charge >= 0.3 is 24.3 Å². The molecule has 0 saturated carbocycles. The maximum Gasteiger partial charge on any atom is 0.472 e. The van der Waals surface area contributed by atoms with Gasteiger partial charge in [0.05, 0.1) is 6.61 Å². The van der Waals surface area contributed by atoms with E-state index in [4.69, 9.17) is 25.3 Å². The zero-order valence-corrected chi connectivity index (χ0v) is 28.9. The molecule has 0 N–H and O–H groups in total. The minimum absolute atomic E-state index is 0.268. The third-order valence-corrected chi connectivity index (χ3v) is 21.1. The number of hydrogen-bond acceptors (Lipinski definition) is 7. The normalized spacial score (nSPS) is 14.1. The first-order chi connectivity index (χ1) is 14.0. The van der Waals surface area contributed by atoms with Gasteiger partial charge in [0.2, 0.25) is 0 Å². The van der Waals surface area contributed by atoms with Crippen LogP contribution in [0.15, 0.2) is 12.2 Å². The van der Waals surface area contributed by atoms with Crippen LogP contribution in [-0.4, -0.2) is 64.2 Å². The predicted molar refractivity (Wildman–Crippen MR) is 147 cm³/mol. The Hall–Kier alpha value is 0.311. The summed E-state index contributed by atoms with van der Waals surface area (Å²) < 4.78 is 38.5. The smallest absolute Gasteiger partial charge is 0.462 e. The SMILES string of the molecule is C=C(C)C(=O)OCCC[Si](O[SiH](O[Si](C)(C)C)O[Si](C)(C)C)(O[Si](C)(C)C)O[Si](C)(C)C. The van der Waals surface area contributed by atoms with Crippen molar-refractivity contribution < 1.29 is 30.1 Å². The number of carbonyl (C=O) groups excluding carboxylic acids is 1. The van der Waals surface area contributed by atoms with E-state index < -0.39 is 51.6 Å². The molecule has 0 fully saturated rings. The van der Waals surface area contributed by atoms with Crippen molar-refractivity contribution in [3.63, 3.8) is 0 Å². The zero-order chi connectivity index (χ0) is 25.6. The minimum atomic E-state index is -3.16. The average molecular weight is 557 g/mol. The van der Waals surface area contributed by atoms with Crippen LogP contribution in [0, 0.1) is 0 Å². The molecule has 7 nitrogen and oxygen atoms in total. The number of rotatable bonds is 15. The first-order valence-corrected chi connectivity index (χ1v) is 28.3. The number of esters is 1. The second-order valence-electron chi connectivity index (χ2n) is 12.0. The van der Waals surface area contributed by atoms with E-state index in [1.807, 2.05) is 0 Å². The quantitative estimate of drug-likeness (QED) is 0.113. The topological polar surface area (TPSA) is 72.5 Å². The second kappa shape index (κ2) is 12.3. The Morgan fingerprint density at radius 3 is 1.44 bits per heavy atom. The van der Waals surface area contributed by atoms with Gasteiger partial charge < -0.3 is 25.3 Å². The van der Waals surface area contributed by atoms with E-state index in [2.05, 4.69) is 85.1 Å². The predicted octanol–water partition coefficient (Wildman–Crippen LogP) is 5.57. The van der Waals surface area contributed by atoms with Crippen molar-refractivity contribution in [1.29, 1.82) is 0 Å². The number of ether oxygens (including phenoxy) is 1. The van der Waals surface area contributed by atoms with Gasteiger partial charge in [0.1, 0.15) is 0 Å². The third-order valence-electron chi connectivity index (χ3n) is 3.31. The third kappa shape index (κ3) is 16.9. The molecule has 0 aliphatic rings. The van der Waals surface area contributed by atoms with Gasteiger partial charge in [0, 0.05) is 11.6 Å². The number of hydrogen-bond donors (Lipinski definition) is 0. The van der Waals surface area contributed by atoms with Crippen molar-refractivity contribution in [1.82, 2.24) is 0 Å². The molecule has 0 aromatic rings.